The highest BCUT2D eigenvalue weighted by Gasteiger charge is 2.26. The fourth-order valence-corrected chi connectivity index (χ4v) is 2.80. The number of rotatable bonds is 5. The normalized spacial score (nSPS) is 22.8. The molecule has 0 amide bonds. The Bertz CT molecular complexity index is 440. The Hall–Kier alpha value is -1.16. The molecule has 0 radical (unpaired) electrons. The summed E-state index contributed by atoms with van der Waals surface area (Å²) in [6.45, 7) is 2.32. The van der Waals surface area contributed by atoms with Gasteiger partial charge in [0, 0.05) is 7.11 Å². The van der Waals surface area contributed by atoms with E-state index in [1.807, 2.05) is 6.92 Å². The van der Waals surface area contributed by atoms with Crippen LogP contribution in [0.2, 0.25) is 0 Å². The van der Waals surface area contributed by atoms with Crippen molar-refractivity contribution in [2.45, 2.75) is 51.0 Å². The molecule has 0 saturated heterocycles. The van der Waals surface area contributed by atoms with Crippen molar-refractivity contribution < 1.29 is 18.3 Å². The quantitative estimate of drug-likeness (QED) is 0.796. The summed E-state index contributed by atoms with van der Waals surface area (Å²) in [4.78, 5) is 0. The van der Waals surface area contributed by atoms with Crippen LogP contribution in [0.4, 0.5) is 8.78 Å². The SMILES string of the molecule is CCCOc1ccc(C2CCC(OC)CC2)c(F)c1F. The molecule has 0 bridgehead atoms. The summed E-state index contributed by atoms with van der Waals surface area (Å²) in [5.41, 5.74) is 0.473. The molecule has 1 aromatic rings. The third kappa shape index (κ3) is 3.29. The molecule has 0 N–H and O–H groups in total. The van der Waals surface area contributed by atoms with E-state index in [0.717, 1.165) is 32.1 Å². The first-order valence-corrected chi connectivity index (χ1v) is 7.30. The lowest BCUT2D eigenvalue weighted by Gasteiger charge is -2.28. The van der Waals surface area contributed by atoms with Crippen LogP contribution in [0.3, 0.4) is 0 Å². The van der Waals surface area contributed by atoms with Crippen LogP contribution >= 0.6 is 0 Å². The predicted octanol–water partition coefficient (Wildman–Crippen LogP) is 4.43. The highest BCUT2D eigenvalue weighted by molar-refractivity contribution is 5.33. The van der Waals surface area contributed by atoms with E-state index in [9.17, 15) is 8.78 Å². The van der Waals surface area contributed by atoms with Gasteiger partial charge in [0.25, 0.3) is 0 Å². The molecule has 1 aliphatic carbocycles. The summed E-state index contributed by atoms with van der Waals surface area (Å²) in [5, 5.41) is 0. The van der Waals surface area contributed by atoms with Gasteiger partial charge in [-0.05, 0) is 49.7 Å². The molecular weight excluding hydrogens is 262 g/mol. The van der Waals surface area contributed by atoms with Gasteiger partial charge in [-0.3, -0.25) is 0 Å². The van der Waals surface area contributed by atoms with Gasteiger partial charge in [0.15, 0.2) is 11.6 Å². The molecule has 2 nitrogen and oxygen atoms in total. The fraction of sp³-hybridized carbons (Fsp3) is 0.625. The number of halogens is 2. The summed E-state index contributed by atoms with van der Waals surface area (Å²) in [6.07, 6.45) is 4.50. The van der Waals surface area contributed by atoms with Gasteiger partial charge in [0.2, 0.25) is 5.82 Å². The molecule has 0 spiro atoms. The maximum absolute atomic E-state index is 14.2. The number of hydrogen-bond acceptors (Lipinski definition) is 2. The first kappa shape index (κ1) is 15.2. The molecule has 1 fully saturated rings. The average molecular weight is 284 g/mol. The van der Waals surface area contributed by atoms with Crippen molar-refractivity contribution in [2.24, 2.45) is 0 Å². The highest BCUT2D eigenvalue weighted by atomic mass is 19.2. The van der Waals surface area contributed by atoms with E-state index in [1.165, 1.54) is 0 Å². The van der Waals surface area contributed by atoms with Gasteiger partial charge in [-0.1, -0.05) is 13.0 Å². The van der Waals surface area contributed by atoms with Gasteiger partial charge in [-0.15, -0.1) is 0 Å². The van der Waals surface area contributed by atoms with E-state index < -0.39 is 11.6 Å². The lowest BCUT2D eigenvalue weighted by atomic mass is 9.82. The van der Waals surface area contributed by atoms with Gasteiger partial charge >= 0.3 is 0 Å². The Morgan fingerprint density at radius 3 is 2.40 bits per heavy atom. The van der Waals surface area contributed by atoms with Crippen molar-refractivity contribution in [1.82, 2.24) is 0 Å². The zero-order valence-corrected chi connectivity index (χ0v) is 12.1. The molecule has 1 aromatic carbocycles. The topological polar surface area (TPSA) is 18.5 Å². The van der Waals surface area contributed by atoms with Gasteiger partial charge in [0.1, 0.15) is 0 Å². The van der Waals surface area contributed by atoms with Crippen molar-refractivity contribution in [3.63, 3.8) is 0 Å². The minimum atomic E-state index is -0.857. The molecular formula is C16H22F2O2. The molecule has 0 heterocycles. The van der Waals surface area contributed by atoms with Crippen LogP contribution in [0.5, 0.6) is 5.75 Å². The predicted molar refractivity (Wildman–Crippen MR) is 74.2 cm³/mol. The van der Waals surface area contributed by atoms with Crippen molar-refractivity contribution in [3.05, 3.63) is 29.3 Å². The average Bonchev–Trinajstić information content (AvgIpc) is 2.49. The Kier molecular flexibility index (Phi) is 5.35. The van der Waals surface area contributed by atoms with Crippen molar-refractivity contribution in [3.8, 4) is 5.75 Å². The Labute approximate surface area is 119 Å². The Morgan fingerprint density at radius 2 is 1.80 bits per heavy atom. The molecule has 4 heteroatoms. The van der Waals surface area contributed by atoms with Crippen LogP contribution in [0, 0.1) is 11.6 Å². The molecule has 0 aromatic heterocycles. The van der Waals surface area contributed by atoms with E-state index in [0.29, 0.717) is 12.2 Å². The first-order valence-electron chi connectivity index (χ1n) is 7.30. The first-order chi connectivity index (χ1) is 9.67. The van der Waals surface area contributed by atoms with Crippen molar-refractivity contribution in [1.29, 1.82) is 0 Å². The monoisotopic (exact) mass is 284 g/mol. The van der Waals surface area contributed by atoms with Crippen LogP contribution < -0.4 is 4.74 Å². The molecule has 0 unspecified atom stereocenters. The molecule has 0 atom stereocenters. The van der Waals surface area contributed by atoms with Crippen LogP contribution in [0.25, 0.3) is 0 Å². The number of hydrogen-bond donors (Lipinski definition) is 0. The number of methoxy groups -OCH3 is 1. The summed E-state index contributed by atoms with van der Waals surface area (Å²) >= 11 is 0. The summed E-state index contributed by atoms with van der Waals surface area (Å²) in [6, 6.07) is 3.22. The molecule has 20 heavy (non-hydrogen) atoms. The maximum Gasteiger partial charge on any atom is 0.200 e. The van der Waals surface area contributed by atoms with E-state index in [4.69, 9.17) is 9.47 Å². The summed E-state index contributed by atoms with van der Waals surface area (Å²) in [5.74, 6) is -1.51. The smallest absolute Gasteiger partial charge is 0.200 e. The van der Waals surface area contributed by atoms with Gasteiger partial charge in [-0.2, -0.15) is 4.39 Å². The van der Waals surface area contributed by atoms with Crippen LogP contribution in [0.1, 0.15) is 50.5 Å². The molecule has 1 aliphatic rings. The van der Waals surface area contributed by atoms with Crippen LogP contribution in [0.15, 0.2) is 12.1 Å². The minimum absolute atomic E-state index is 0.0127. The van der Waals surface area contributed by atoms with Crippen LogP contribution in [-0.2, 0) is 4.74 Å². The second-order valence-electron chi connectivity index (χ2n) is 5.34. The largest absolute Gasteiger partial charge is 0.490 e. The lowest BCUT2D eigenvalue weighted by Crippen LogP contribution is -2.20. The third-order valence-corrected chi connectivity index (χ3v) is 3.99. The van der Waals surface area contributed by atoms with E-state index >= 15 is 0 Å². The zero-order valence-electron chi connectivity index (χ0n) is 12.1. The third-order valence-electron chi connectivity index (χ3n) is 3.99. The van der Waals surface area contributed by atoms with E-state index in [2.05, 4.69) is 0 Å². The summed E-state index contributed by atoms with van der Waals surface area (Å²) in [7, 11) is 1.70. The van der Waals surface area contributed by atoms with Crippen molar-refractivity contribution >= 4 is 0 Å². The molecule has 1 saturated carbocycles. The van der Waals surface area contributed by atoms with Crippen LogP contribution in [-0.4, -0.2) is 19.8 Å². The molecule has 2 rings (SSSR count). The highest BCUT2D eigenvalue weighted by Crippen LogP contribution is 2.37. The van der Waals surface area contributed by atoms with Gasteiger partial charge in [-0.25, -0.2) is 4.39 Å². The molecule has 0 aliphatic heterocycles. The number of benzene rings is 1. The second kappa shape index (κ2) is 7.02. The molecule has 112 valence electrons. The van der Waals surface area contributed by atoms with Gasteiger partial charge < -0.3 is 9.47 Å². The fourth-order valence-electron chi connectivity index (χ4n) is 2.80. The van der Waals surface area contributed by atoms with Crippen molar-refractivity contribution in [2.75, 3.05) is 13.7 Å². The Morgan fingerprint density at radius 1 is 1.10 bits per heavy atom. The zero-order chi connectivity index (χ0) is 14.5. The lowest BCUT2D eigenvalue weighted by molar-refractivity contribution is 0.0654. The van der Waals surface area contributed by atoms with E-state index in [1.54, 1.807) is 19.2 Å². The summed E-state index contributed by atoms with van der Waals surface area (Å²) < 4.78 is 38.6. The minimum Gasteiger partial charge on any atom is -0.490 e. The maximum atomic E-state index is 14.2. The van der Waals surface area contributed by atoms with Gasteiger partial charge in [0.05, 0.1) is 12.7 Å². The Balaban J connectivity index is 2.11. The number of ether oxygens (including phenoxy) is 2. The van der Waals surface area contributed by atoms with E-state index in [-0.39, 0.29) is 17.8 Å². The second-order valence-corrected chi connectivity index (χ2v) is 5.34. The standard InChI is InChI=1S/C16H22F2O2/c1-3-10-20-14-9-8-13(15(17)16(14)18)11-4-6-12(19-2)7-5-11/h8-9,11-12H,3-7,10H2,1-2H3.